The molecule has 4 aliphatic heterocycles. The number of ether oxygens (including phenoxy) is 8. The number of unbranched alkanes of at least 4 members (excludes halogenated alkanes) is 13. The largest absolute Gasteiger partial charge is 0.477 e. The summed E-state index contributed by atoms with van der Waals surface area (Å²) in [5.74, 6) is -16.6. The summed E-state index contributed by atoms with van der Waals surface area (Å²) in [6.45, 7) is -1.15. The number of Topliss-reactive ketones (excluding diaryl/α,β-unsaturated/α-hetero) is 1. The molecule has 148 heavy (non-hydrogen) atoms. The van der Waals surface area contributed by atoms with Crippen LogP contribution >= 0.6 is 0 Å². The molecule has 0 aliphatic carbocycles. The molecule has 0 saturated carbocycles. The molecule has 0 fully saturated rings. The van der Waals surface area contributed by atoms with Crippen LogP contribution in [-0.2, 0) is 95.4 Å². The topological polar surface area (TPSA) is 976 Å². The Hall–Kier alpha value is -14.2. The average Bonchev–Trinajstić information content (AvgIpc) is 0.801. The number of carbonyl (C=O) groups is 16. The predicted octanol–water partition coefficient (Wildman–Crippen LogP) is -9.78. The minimum absolute atomic E-state index is 0.00408. The van der Waals surface area contributed by atoms with Crippen LogP contribution in [0, 0.1) is 21.6 Å². The van der Waals surface area contributed by atoms with Crippen molar-refractivity contribution in [1.29, 1.82) is 21.6 Å². The van der Waals surface area contributed by atoms with Gasteiger partial charge >= 0.3 is 48.3 Å². The van der Waals surface area contributed by atoms with Crippen molar-refractivity contribution in [1.82, 2.24) is 89.6 Å². The molecular weight excluding hydrogens is 1970 g/mol. The zero-order valence-corrected chi connectivity index (χ0v) is 82.5. The maximum Gasteiger partial charge on any atom is 0.407 e. The number of aliphatic hydroxyl groups is 8. The van der Waals surface area contributed by atoms with Crippen molar-refractivity contribution >= 4 is 119 Å². The number of nitrogens with one attached hydrogen (secondary N) is 19. The van der Waals surface area contributed by atoms with E-state index in [0.29, 0.717) is 109 Å². The van der Waals surface area contributed by atoms with E-state index in [0.717, 1.165) is 52.0 Å². The Labute approximate surface area is 849 Å². The average molecular weight is 2120 g/mol. The lowest BCUT2D eigenvalue weighted by atomic mass is 9.92. The highest BCUT2D eigenvalue weighted by atomic mass is 16.6. The number of hydrogen-bond donors (Lipinski definition) is 35. The second kappa shape index (κ2) is 66.8. The number of ketones is 1. The number of amides is 11. The smallest absolute Gasteiger partial charge is 0.407 e. The van der Waals surface area contributed by atoms with Gasteiger partial charge < -0.3 is 202 Å². The van der Waals surface area contributed by atoms with E-state index < -0.39 is 298 Å². The summed E-state index contributed by atoms with van der Waals surface area (Å²) in [4.78, 5) is 210. The molecule has 4 rings (SSSR count). The predicted molar refractivity (Wildman–Crippen MR) is 514 cm³/mol. The molecular formula is C87H145N25O36. The maximum absolute atomic E-state index is 14.0. The first-order valence-corrected chi connectivity index (χ1v) is 47.8. The molecule has 0 aromatic rings. The molecule has 4 aliphatic rings. The number of carboxylic acids is 4. The van der Waals surface area contributed by atoms with Crippen LogP contribution in [0.3, 0.4) is 0 Å². The van der Waals surface area contributed by atoms with Gasteiger partial charge in [-0.2, -0.15) is 0 Å². The minimum atomic E-state index is -1.90. The van der Waals surface area contributed by atoms with E-state index in [1.54, 1.807) is 0 Å². The highest BCUT2D eigenvalue weighted by Crippen LogP contribution is 2.31. The lowest BCUT2D eigenvalue weighted by molar-refractivity contribution is -0.147. The van der Waals surface area contributed by atoms with Crippen molar-refractivity contribution < 1.29 is 176 Å². The first-order valence-electron chi connectivity index (χ1n) is 47.8. The fraction of sp³-hybridized carbons (Fsp3) is 0.678. The van der Waals surface area contributed by atoms with Crippen molar-refractivity contribution in [2.24, 2.45) is 22.9 Å². The van der Waals surface area contributed by atoms with Crippen molar-refractivity contribution in [3.05, 3.63) is 47.3 Å². The van der Waals surface area contributed by atoms with E-state index in [4.69, 9.17) is 82.5 Å². The van der Waals surface area contributed by atoms with E-state index in [-0.39, 0.29) is 84.2 Å². The van der Waals surface area contributed by atoms with Gasteiger partial charge in [-0.25, -0.2) is 38.4 Å². The second-order valence-corrected chi connectivity index (χ2v) is 34.9. The molecule has 61 nitrogen and oxygen atoms in total. The number of rotatable bonds is 68. The summed E-state index contributed by atoms with van der Waals surface area (Å²) in [6, 6.07) is -10.3. The standard InChI is InChI=1S/C87H145N25O36/c1-44(117)103-64-49(107-80(88)89)32-57(76(129)130)141-72(64)68(53(122)40-113)145-84(137)99-26-18-7-5-6-14-22-48(121)36-111(37-61(126)96-23-15-8-11-19-27-100-85(138)146-69(54(123)41-114)73-65(104-45(2)118)50(108-81(90)91)33-58(142-73)77(131)132)30-31-112(38-62(127)97-24-16-9-12-20-28-101-86(139)147-70(55(124)42-115)74-66(105-46(3)119)51(109-82(92)93)34-59(143-74)78(133)134)39-63(128)98-25-17-10-13-21-29-102-87(140)148-71(56(125)43-116)75-67(106-47(4)120)52(110-83(94)95)35-60(144-75)79(135)136/h32-35,49-56,64-75,113-116,122-125H,5-31,36-43H2,1-4H3,(H,96,126)(H,97,127)(H,98,128)(H,99,137)(H,100,138)(H,101,139)(H,102,140)(H,103,117)(H,104,118)(H,105,119)(H,106,120)(H,129,130)(H,131,132)(H,133,134)(H,135,136)(H4,88,89,107)(H4,90,91,108)(H4,92,93,109)(H4,94,95,110)/t49-,50-,51-,52-,53+,54?,55?,56?,64+,65+,66+,67+,68+,69+,70+,71+,72+,73+,74+,75+/m0/s1. The van der Waals surface area contributed by atoms with Crippen molar-refractivity contribution in [3.63, 3.8) is 0 Å². The van der Waals surface area contributed by atoms with E-state index in [9.17, 15) is 138 Å². The van der Waals surface area contributed by atoms with Crippen LogP contribution in [-0.4, -0.2) is 423 Å². The number of carboxylic acid groups (broad SMARTS) is 4. The minimum Gasteiger partial charge on any atom is -0.477 e. The van der Waals surface area contributed by atoms with Gasteiger partial charge in [-0.15, -0.1) is 0 Å². The first-order chi connectivity index (χ1) is 70.1. The van der Waals surface area contributed by atoms with Gasteiger partial charge in [0.2, 0.25) is 64.4 Å². The molecule has 20 atom stereocenters. The summed E-state index contributed by atoms with van der Waals surface area (Å²) in [5, 5.41) is 192. The molecule has 834 valence electrons. The Kier molecular flexibility index (Phi) is 56.9. The Bertz CT molecular complexity index is 4030. The zero-order valence-electron chi connectivity index (χ0n) is 82.5. The van der Waals surface area contributed by atoms with Gasteiger partial charge in [0.25, 0.3) is 0 Å². The molecule has 0 radical (unpaired) electrons. The molecule has 61 heteroatoms. The maximum atomic E-state index is 14.0. The monoisotopic (exact) mass is 2120 g/mol. The van der Waals surface area contributed by atoms with Crippen LogP contribution in [0.5, 0.6) is 0 Å². The van der Waals surface area contributed by atoms with E-state index in [2.05, 4.69) is 79.8 Å². The van der Waals surface area contributed by atoms with Crippen molar-refractivity contribution in [2.75, 3.05) is 112 Å². The molecule has 0 spiro atoms. The number of nitrogens with two attached hydrogens (primary N) is 4. The Morgan fingerprint density at radius 2 is 0.507 bits per heavy atom. The molecule has 39 N–H and O–H groups in total. The molecule has 3 unspecified atom stereocenters. The van der Waals surface area contributed by atoms with Crippen LogP contribution in [0.15, 0.2) is 47.3 Å². The summed E-state index contributed by atoms with van der Waals surface area (Å²) in [5.41, 5.74) is 22.1. The first kappa shape index (κ1) is 126. The van der Waals surface area contributed by atoms with Gasteiger partial charge in [-0.3, -0.25) is 69.8 Å². The highest BCUT2D eigenvalue weighted by Gasteiger charge is 2.52. The summed E-state index contributed by atoms with van der Waals surface area (Å²) < 4.78 is 44.2. The molecule has 11 amide bonds. The Morgan fingerprint density at radius 3 is 0.703 bits per heavy atom. The second-order valence-electron chi connectivity index (χ2n) is 34.9. The van der Waals surface area contributed by atoms with Crippen LogP contribution in [0.2, 0.25) is 0 Å². The van der Waals surface area contributed by atoms with E-state index in [1.165, 1.54) is 9.80 Å². The summed E-state index contributed by atoms with van der Waals surface area (Å²) >= 11 is 0. The fourth-order valence-corrected chi connectivity index (χ4v) is 15.9. The number of nitrogens with zero attached hydrogens (tertiary/aromatic N) is 2. The third kappa shape index (κ3) is 47.1. The van der Waals surface area contributed by atoms with Gasteiger partial charge in [-0.05, 0) is 75.7 Å². The molecule has 0 saturated heterocycles. The third-order valence-corrected chi connectivity index (χ3v) is 22.7. The molecule has 0 aromatic heterocycles. The van der Waals surface area contributed by atoms with Crippen LogP contribution in [0.1, 0.15) is 143 Å². The van der Waals surface area contributed by atoms with Gasteiger partial charge in [-0.1, -0.05) is 57.8 Å². The Balaban J connectivity index is 1.50. The number of carbonyl (C=O) groups excluding carboxylic acids is 12. The van der Waals surface area contributed by atoms with Crippen LogP contribution in [0.25, 0.3) is 0 Å². The molecule has 4 heterocycles. The van der Waals surface area contributed by atoms with Gasteiger partial charge in [0.1, 0.15) is 30.2 Å². The van der Waals surface area contributed by atoms with Gasteiger partial charge in [0.05, 0.1) is 101 Å². The molecule has 0 bridgehead atoms. The van der Waals surface area contributed by atoms with Crippen LogP contribution < -0.4 is 103 Å². The van der Waals surface area contributed by atoms with E-state index in [1.807, 2.05) is 0 Å². The SMILES string of the molecule is CC(=O)N[C@H]1[C@H]([C@H](OC(=O)NCCCCCCCC(=O)CN(CCN(CC(=O)NCCCCCCNC(=O)O[C@H](C(O)CO)[C@@H]2OC(C(=O)O)=C[C@H](NC(=N)N)[C@H]2NC(C)=O)CC(=O)NCCCCCCNC(=O)O[C@H](C(O)CO)[C@@H]2OC(C(=O)O)=C[C@H](NC(=N)N)[C@H]2NC(C)=O)CC(=O)NCCCCCCNC(=O)O[C@H](C(O)CO)[C@@H]2OC(C(=O)O)=C[C@H](NC(=N)N)[C@H]2NC(C)=O)[C@H](O)CO)OC(C(=O)O)=C[C@@H]1NC(=N)N. The van der Waals surface area contributed by atoms with E-state index >= 15 is 0 Å². The molecule has 0 aromatic carbocycles. The van der Waals surface area contributed by atoms with Gasteiger partial charge in [0, 0.05) is 93.0 Å². The van der Waals surface area contributed by atoms with Gasteiger partial charge in [0.15, 0.2) is 72.7 Å². The fourth-order valence-electron chi connectivity index (χ4n) is 15.9. The lowest BCUT2D eigenvalue weighted by Gasteiger charge is -2.41. The highest BCUT2D eigenvalue weighted by molar-refractivity contribution is 5.89. The number of guanidine groups is 4. The zero-order chi connectivity index (χ0) is 110. The quantitative estimate of drug-likeness (QED) is 0.0116. The van der Waals surface area contributed by atoms with Crippen LogP contribution in [0.4, 0.5) is 19.2 Å². The number of alkyl carbamates (subject to hydrolysis) is 4. The number of aliphatic hydroxyl groups excluding tert-OH is 8. The normalized spacial score (nSPS) is 20.8. The third-order valence-electron chi connectivity index (χ3n) is 22.7. The van der Waals surface area contributed by atoms with Crippen molar-refractivity contribution in [3.8, 4) is 0 Å². The summed E-state index contributed by atoms with van der Waals surface area (Å²) in [6.07, 6.45) is -15.1. The lowest BCUT2D eigenvalue weighted by Crippen LogP contribution is -2.65. The number of aliphatic carboxylic acids is 4. The number of hydrogen-bond acceptors (Lipinski definition) is 38. The van der Waals surface area contributed by atoms with Crippen molar-refractivity contribution in [2.45, 2.75) is 265 Å². The summed E-state index contributed by atoms with van der Waals surface area (Å²) in [7, 11) is 0. The Morgan fingerprint density at radius 1 is 0.311 bits per heavy atom.